The lowest BCUT2D eigenvalue weighted by Crippen LogP contribution is -2.09. The van der Waals surface area contributed by atoms with Gasteiger partial charge in [-0.3, -0.25) is 4.68 Å². The number of hydrogen-bond acceptors (Lipinski definition) is 3. The summed E-state index contributed by atoms with van der Waals surface area (Å²) in [6.07, 6.45) is 0.179. The zero-order valence-corrected chi connectivity index (χ0v) is 12.9. The van der Waals surface area contributed by atoms with Crippen LogP contribution in [-0.2, 0) is 13.6 Å². The number of aryl methyl sites for hydroxylation is 2. The Morgan fingerprint density at radius 1 is 1.25 bits per heavy atom. The highest BCUT2D eigenvalue weighted by Crippen LogP contribution is 2.23. The number of ether oxygens (including phenoxy) is 1. The molecule has 1 heterocycles. The van der Waals surface area contributed by atoms with Gasteiger partial charge >= 0.3 is 0 Å². The van der Waals surface area contributed by atoms with E-state index in [0.717, 1.165) is 34.9 Å². The third-order valence-corrected chi connectivity index (χ3v) is 3.30. The summed E-state index contributed by atoms with van der Waals surface area (Å²) >= 11 is 0. The molecule has 0 saturated carbocycles. The molecular weight excluding hydrogens is 250 g/mol. The van der Waals surface area contributed by atoms with Crippen LogP contribution in [0.4, 0.5) is 5.69 Å². The molecule has 0 radical (unpaired) electrons. The number of anilines is 1. The SMILES string of the molecule is Cc1nn(C)c(C)c1NCc1ccccc1OC(C)C. The van der Waals surface area contributed by atoms with Crippen molar-refractivity contribution in [3.05, 3.63) is 41.2 Å². The molecule has 2 aromatic rings. The van der Waals surface area contributed by atoms with Gasteiger partial charge in [0.2, 0.25) is 0 Å². The van der Waals surface area contributed by atoms with Crippen molar-refractivity contribution >= 4 is 5.69 Å². The fourth-order valence-electron chi connectivity index (χ4n) is 2.23. The first-order valence-corrected chi connectivity index (χ1v) is 6.97. The molecular formula is C16H23N3O. The predicted octanol–water partition coefficient (Wildman–Crippen LogP) is 3.44. The van der Waals surface area contributed by atoms with Crippen LogP contribution in [0.1, 0.15) is 30.8 Å². The minimum absolute atomic E-state index is 0.179. The lowest BCUT2D eigenvalue weighted by Gasteiger charge is -2.15. The molecule has 0 saturated heterocycles. The van der Waals surface area contributed by atoms with Crippen LogP contribution in [-0.4, -0.2) is 15.9 Å². The summed E-state index contributed by atoms with van der Waals surface area (Å²) in [6.45, 7) is 8.90. The molecule has 1 aromatic heterocycles. The molecule has 0 spiro atoms. The molecule has 1 N–H and O–H groups in total. The molecule has 2 rings (SSSR count). The van der Waals surface area contributed by atoms with Gasteiger partial charge < -0.3 is 10.1 Å². The summed E-state index contributed by atoms with van der Waals surface area (Å²) in [5, 5.41) is 7.89. The molecule has 0 amide bonds. The first-order valence-electron chi connectivity index (χ1n) is 6.97. The Bertz CT molecular complexity index is 587. The summed E-state index contributed by atoms with van der Waals surface area (Å²) < 4.78 is 7.74. The van der Waals surface area contributed by atoms with Gasteiger partial charge in [0, 0.05) is 19.2 Å². The van der Waals surface area contributed by atoms with Crippen LogP contribution in [0.15, 0.2) is 24.3 Å². The van der Waals surface area contributed by atoms with Crippen molar-refractivity contribution in [2.75, 3.05) is 5.32 Å². The zero-order chi connectivity index (χ0) is 14.7. The highest BCUT2D eigenvalue weighted by Gasteiger charge is 2.10. The summed E-state index contributed by atoms with van der Waals surface area (Å²) in [5.41, 5.74) is 4.42. The van der Waals surface area contributed by atoms with Crippen molar-refractivity contribution in [2.45, 2.75) is 40.3 Å². The minimum Gasteiger partial charge on any atom is -0.491 e. The Labute approximate surface area is 120 Å². The van der Waals surface area contributed by atoms with E-state index in [-0.39, 0.29) is 6.10 Å². The second kappa shape index (κ2) is 5.99. The number of hydrogen-bond donors (Lipinski definition) is 1. The van der Waals surface area contributed by atoms with E-state index >= 15 is 0 Å². The van der Waals surface area contributed by atoms with Gasteiger partial charge in [0.25, 0.3) is 0 Å². The van der Waals surface area contributed by atoms with E-state index in [1.165, 1.54) is 0 Å². The lowest BCUT2D eigenvalue weighted by atomic mass is 10.2. The Kier molecular flexibility index (Phi) is 4.32. The summed E-state index contributed by atoms with van der Waals surface area (Å²) in [5.74, 6) is 0.939. The molecule has 0 aliphatic heterocycles. The molecule has 20 heavy (non-hydrogen) atoms. The second-order valence-corrected chi connectivity index (χ2v) is 5.30. The monoisotopic (exact) mass is 273 g/mol. The molecule has 1 aromatic carbocycles. The van der Waals surface area contributed by atoms with E-state index in [4.69, 9.17) is 4.74 Å². The maximum Gasteiger partial charge on any atom is 0.124 e. The average Bonchev–Trinajstić information content (AvgIpc) is 2.62. The fourth-order valence-corrected chi connectivity index (χ4v) is 2.23. The topological polar surface area (TPSA) is 39.1 Å². The number of rotatable bonds is 5. The molecule has 4 heteroatoms. The van der Waals surface area contributed by atoms with Crippen LogP contribution in [0.25, 0.3) is 0 Å². The van der Waals surface area contributed by atoms with Crippen LogP contribution in [0.5, 0.6) is 5.75 Å². The van der Waals surface area contributed by atoms with Crippen molar-refractivity contribution in [1.29, 1.82) is 0 Å². The molecule has 108 valence electrons. The molecule has 0 atom stereocenters. The van der Waals surface area contributed by atoms with E-state index in [1.54, 1.807) is 0 Å². The quantitative estimate of drug-likeness (QED) is 0.907. The van der Waals surface area contributed by atoms with Gasteiger partial charge in [0.15, 0.2) is 0 Å². The van der Waals surface area contributed by atoms with Gasteiger partial charge in [-0.05, 0) is 33.8 Å². The van der Waals surface area contributed by atoms with Crippen molar-refractivity contribution < 1.29 is 4.74 Å². The predicted molar refractivity (Wildman–Crippen MR) is 82.2 cm³/mol. The van der Waals surface area contributed by atoms with Gasteiger partial charge in [0.05, 0.1) is 23.2 Å². The minimum atomic E-state index is 0.179. The number of aromatic nitrogens is 2. The fraction of sp³-hybridized carbons (Fsp3) is 0.438. The lowest BCUT2D eigenvalue weighted by molar-refractivity contribution is 0.240. The van der Waals surface area contributed by atoms with Gasteiger partial charge in [-0.15, -0.1) is 0 Å². The molecule has 0 aliphatic carbocycles. The van der Waals surface area contributed by atoms with Crippen molar-refractivity contribution in [2.24, 2.45) is 7.05 Å². The zero-order valence-electron chi connectivity index (χ0n) is 12.9. The summed E-state index contributed by atoms with van der Waals surface area (Å²) in [7, 11) is 1.96. The Morgan fingerprint density at radius 3 is 2.55 bits per heavy atom. The van der Waals surface area contributed by atoms with E-state index in [2.05, 4.69) is 23.4 Å². The van der Waals surface area contributed by atoms with Gasteiger partial charge in [-0.2, -0.15) is 5.10 Å². The second-order valence-electron chi connectivity index (χ2n) is 5.30. The van der Waals surface area contributed by atoms with E-state index in [1.807, 2.05) is 50.7 Å². The molecule has 0 unspecified atom stereocenters. The van der Waals surface area contributed by atoms with Crippen LogP contribution >= 0.6 is 0 Å². The number of nitrogens with zero attached hydrogens (tertiary/aromatic N) is 2. The van der Waals surface area contributed by atoms with Gasteiger partial charge in [0.1, 0.15) is 5.75 Å². The third kappa shape index (κ3) is 3.13. The first-order chi connectivity index (χ1) is 9.49. The third-order valence-electron chi connectivity index (χ3n) is 3.30. The highest BCUT2D eigenvalue weighted by atomic mass is 16.5. The average molecular weight is 273 g/mol. The van der Waals surface area contributed by atoms with Crippen LogP contribution in [0.2, 0.25) is 0 Å². The van der Waals surface area contributed by atoms with Crippen molar-refractivity contribution in [3.8, 4) is 5.75 Å². The van der Waals surface area contributed by atoms with Gasteiger partial charge in [-0.25, -0.2) is 0 Å². The maximum atomic E-state index is 5.84. The number of para-hydroxylation sites is 1. The largest absolute Gasteiger partial charge is 0.491 e. The molecule has 0 bridgehead atoms. The van der Waals surface area contributed by atoms with E-state index < -0.39 is 0 Å². The van der Waals surface area contributed by atoms with Crippen LogP contribution < -0.4 is 10.1 Å². The van der Waals surface area contributed by atoms with E-state index in [0.29, 0.717) is 0 Å². The summed E-state index contributed by atoms with van der Waals surface area (Å²) in [4.78, 5) is 0. The smallest absolute Gasteiger partial charge is 0.124 e. The Balaban J connectivity index is 2.15. The normalized spacial score (nSPS) is 10.9. The van der Waals surface area contributed by atoms with Crippen LogP contribution in [0, 0.1) is 13.8 Å². The Hall–Kier alpha value is -1.97. The van der Waals surface area contributed by atoms with E-state index in [9.17, 15) is 0 Å². The van der Waals surface area contributed by atoms with Crippen molar-refractivity contribution in [3.63, 3.8) is 0 Å². The van der Waals surface area contributed by atoms with Crippen LogP contribution in [0.3, 0.4) is 0 Å². The van der Waals surface area contributed by atoms with Crippen molar-refractivity contribution in [1.82, 2.24) is 9.78 Å². The first kappa shape index (κ1) is 14.4. The van der Waals surface area contributed by atoms with Gasteiger partial charge in [-0.1, -0.05) is 18.2 Å². The number of nitrogens with one attached hydrogen (secondary N) is 1. The highest BCUT2D eigenvalue weighted by molar-refractivity contribution is 5.53. The molecule has 0 aliphatic rings. The summed E-state index contributed by atoms with van der Waals surface area (Å²) in [6, 6.07) is 8.14. The molecule has 0 fully saturated rings. The standard InChI is InChI=1S/C16H23N3O/c1-11(2)20-15-9-7-6-8-14(15)10-17-16-12(3)18-19(5)13(16)4/h6-9,11,17H,10H2,1-5H3. The Morgan fingerprint density at radius 2 is 1.95 bits per heavy atom. The molecule has 4 nitrogen and oxygen atoms in total. The maximum absolute atomic E-state index is 5.84. The number of benzene rings is 1.